The average molecular weight is 279 g/mol. The van der Waals surface area contributed by atoms with Crippen LogP contribution in [0.3, 0.4) is 0 Å². The van der Waals surface area contributed by atoms with Gasteiger partial charge in [0.15, 0.2) is 0 Å². The fraction of sp³-hybridized carbons (Fsp3) is 0.357. The number of rotatable bonds is 5. The van der Waals surface area contributed by atoms with E-state index in [0.717, 1.165) is 16.5 Å². The van der Waals surface area contributed by atoms with Gasteiger partial charge in [0.25, 0.3) is 0 Å². The highest BCUT2D eigenvalue weighted by atomic mass is 32.2. The maximum atomic E-state index is 8.98. The Labute approximate surface area is 116 Å². The molecule has 1 N–H and O–H groups in total. The summed E-state index contributed by atoms with van der Waals surface area (Å²) in [6, 6.07) is 8.45. The van der Waals surface area contributed by atoms with E-state index in [1.165, 1.54) is 11.1 Å². The Bertz CT molecular complexity index is 493. The molecule has 1 aromatic heterocycles. The zero-order chi connectivity index (χ0) is 13.0. The third-order valence-corrected chi connectivity index (χ3v) is 4.74. The van der Waals surface area contributed by atoms with Crippen LogP contribution in [0.4, 0.5) is 0 Å². The number of aryl methyl sites for hydroxylation is 1. The first kappa shape index (κ1) is 13.6. The maximum absolute atomic E-state index is 8.98. The van der Waals surface area contributed by atoms with Crippen molar-refractivity contribution in [2.75, 3.05) is 6.61 Å². The number of hydrogen-bond acceptors (Lipinski definition) is 4. The molecule has 2 rings (SSSR count). The molecule has 0 aliphatic carbocycles. The van der Waals surface area contributed by atoms with Crippen molar-refractivity contribution in [3.05, 3.63) is 40.9 Å². The molecule has 96 valence electrons. The summed E-state index contributed by atoms with van der Waals surface area (Å²) >= 11 is 3.42. The maximum Gasteiger partial charge on any atom is 0.123 e. The summed E-state index contributed by atoms with van der Waals surface area (Å²) in [5, 5.41) is 12.4. The highest BCUT2D eigenvalue weighted by molar-refractivity contribution is 7.99. The second-order valence-electron chi connectivity index (χ2n) is 4.31. The summed E-state index contributed by atoms with van der Waals surface area (Å²) in [6.45, 7) is 4.33. The van der Waals surface area contributed by atoms with Gasteiger partial charge in [-0.25, -0.2) is 4.98 Å². The molecular formula is C14H17NOS2. The van der Waals surface area contributed by atoms with Crippen LogP contribution in [-0.4, -0.2) is 21.9 Å². The monoisotopic (exact) mass is 279 g/mol. The summed E-state index contributed by atoms with van der Waals surface area (Å²) in [6.07, 6.45) is 0. The first-order valence-electron chi connectivity index (χ1n) is 5.93. The third-order valence-electron chi connectivity index (χ3n) is 2.62. The molecule has 2 aromatic rings. The lowest BCUT2D eigenvalue weighted by Gasteiger charge is -2.04. The summed E-state index contributed by atoms with van der Waals surface area (Å²) in [4.78, 5) is 4.63. The van der Waals surface area contributed by atoms with E-state index in [-0.39, 0.29) is 11.9 Å². The molecule has 4 heteroatoms. The molecule has 1 aromatic carbocycles. The predicted octanol–water partition coefficient (Wildman–Crippen LogP) is 3.73. The van der Waals surface area contributed by atoms with Crippen molar-refractivity contribution in [2.45, 2.75) is 24.9 Å². The lowest BCUT2D eigenvalue weighted by molar-refractivity contribution is 0.300. The minimum atomic E-state index is 0.222. The molecule has 0 amide bonds. The topological polar surface area (TPSA) is 33.1 Å². The van der Waals surface area contributed by atoms with Crippen molar-refractivity contribution in [3.8, 4) is 10.6 Å². The molecular weight excluding hydrogens is 262 g/mol. The summed E-state index contributed by atoms with van der Waals surface area (Å²) < 4.78 is 0. The molecule has 2 nitrogen and oxygen atoms in total. The van der Waals surface area contributed by atoms with E-state index in [1.54, 1.807) is 23.1 Å². The van der Waals surface area contributed by atoms with Gasteiger partial charge in [0, 0.05) is 21.9 Å². The highest BCUT2D eigenvalue weighted by Gasteiger charge is 2.06. The summed E-state index contributed by atoms with van der Waals surface area (Å²) in [5.41, 5.74) is 3.54. The molecule has 1 unspecified atom stereocenters. The molecule has 1 heterocycles. The number of aliphatic hydroxyl groups is 1. The second kappa shape index (κ2) is 6.36. The van der Waals surface area contributed by atoms with Crippen molar-refractivity contribution in [1.29, 1.82) is 0 Å². The molecule has 18 heavy (non-hydrogen) atoms. The fourth-order valence-corrected chi connectivity index (χ4v) is 3.12. The van der Waals surface area contributed by atoms with Crippen molar-refractivity contribution in [2.24, 2.45) is 0 Å². The summed E-state index contributed by atoms with van der Waals surface area (Å²) in [5.74, 6) is 0.865. The van der Waals surface area contributed by atoms with E-state index in [2.05, 4.69) is 41.6 Å². The number of aliphatic hydroxyl groups excluding tert-OH is 1. The van der Waals surface area contributed by atoms with Crippen LogP contribution < -0.4 is 0 Å². The van der Waals surface area contributed by atoms with Crippen LogP contribution in [-0.2, 0) is 5.75 Å². The second-order valence-corrected chi connectivity index (χ2v) is 6.60. The fourth-order valence-electron chi connectivity index (χ4n) is 1.48. The van der Waals surface area contributed by atoms with Gasteiger partial charge in [-0.3, -0.25) is 0 Å². The molecule has 0 aliphatic rings. The zero-order valence-corrected chi connectivity index (χ0v) is 12.2. The van der Waals surface area contributed by atoms with Crippen molar-refractivity contribution < 1.29 is 5.11 Å². The van der Waals surface area contributed by atoms with Gasteiger partial charge >= 0.3 is 0 Å². The average Bonchev–Trinajstić information content (AvgIpc) is 2.85. The SMILES string of the molecule is Cc1ccc(-c2nc(CSC(C)CO)cs2)cc1. The molecule has 0 aliphatic heterocycles. The van der Waals surface area contributed by atoms with Gasteiger partial charge in [-0.15, -0.1) is 11.3 Å². The standard InChI is InChI=1S/C14H17NOS2/c1-10-3-5-12(6-4-10)14-15-13(9-18-14)8-17-11(2)7-16/h3-6,9,11,16H,7-8H2,1-2H3. The smallest absolute Gasteiger partial charge is 0.123 e. The van der Waals surface area contributed by atoms with Crippen LogP contribution in [0.25, 0.3) is 10.6 Å². The Balaban J connectivity index is 2.03. The summed E-state index contributed by atoms with van der Waals surface area (Å²) in [7, 11) is 0. The van der Waals surface area contributed by atoms with E-state index in [4.69, 9.17) is 5.11 Å². The van der Waals surface area contributed by atoms with Gasteiger partial charge in [0.2, 0.25) is 0 Å². The van der Waals surface area contributed by atoms with Crippen LogP contribution in [0.15, 0.2) is 29.6 Å². The van der Waals surface area contributed by atoms with E-state index in [9.17, 15) is 0 Å². The van der Waals surface area contributed by atoms with Gasteiger partial charge in [-0.1, -0.05) is 36.8 Å². The number of hydrogen-bond donors (Lipinski definition) is 1. The number of aromatic nitrogens is 1. The van der Waals surface area contributed by atoms with Gasteiger partial charge in [0.1, 0.15) is 5.01 Å². The first-order valence-corrected chi connectivity index (χ1v) is 7.86. The van der Waals surface area contributed by atoms with Crippen LogP contribution in [0.2, 0.25) is 0 Å². The lowest BCUT2D eigenvalue weighted by Crippen LogP contribution is -2.02. The third kappa shape index (κ3) is 3.57. The molecule has 0 radical (unpaired) electrons. The number of nitrogens with zero attached hydrogens (tertiary/aromatic N) is 1. The predicted molar refractivity (Wildman–Crippen MR) is 80.1 cm³/mol. The molecule has 0 fully saturated rings. The lowest BCUT2D eigenvalue weighted by atomic mass is 10.2. The minimum absolute atomic E-state index is 0.222. The zero-order valence-electron chi connectivity index (χ0n) is 10.6. The highest BCUT2D eigenvalue weighted by Crippen LogP contribution is 2.26. The molecule has 0 saturated carbocycles. The van der Waals surface area contributed by atoms with Gasteiger partial charge in [-0.05, 0) is 6.92 Å². The first-order chi connectivity index (χ1) is 8.69. The van der Waals surface area contributed by atoms with Gasteiger partial charge in [-0.2, -0.15) is 11.8 Å². The van der Waals surface area contributed by atoms with E-state index in [0.29, 0.717) is 0 Å². The molecule has 1 atom stereocenters. The Kier molecular flexibility index (Phi) is 4.80. The number of thiazole rings is 1. The van der Waals surface area contributed by atoms with Crippen LogP contribution in [0.1, 0.15) is 18.2 Å². The van der Waals surface area contributed by atoms with Crippen molar-refractivity contribution >= 4 is 23.1 Å². The van der Waals surface area contributed by atoms with Crippen LogP contribution in [0, 0.1) is 6.92 Å². The molecule has 0 bridgehead atoms. The Hall–Kier alpha value is -0.840. The normalized spacial score (nSPS) is 12.6. The number of benzene rings is 1. The Morgan fingerprint density at radius 1 is 1.33 bits per heavy atom. The quantitative estimate of drug-likeness (QED) is 0.905. The largest absolute Gasteiger partial charge is 0.395 e. The Morgan fingerprint density at radius 2 is 2.06 bits per heavy atom. The van der Waals surface area contributed by atoms with E-state index < -0.39 is 0 Å². The van der Waals surface area contributed by atoms with Crippen LogP contribution in [0.5, 0.6) is 0 Å². The van der Waals surface area contributed by atoms with Crippen molar-refractivity contribution in [3.63, 3.8) is 0 Å². The van der Waals surface area contributed by atoms with Crippen LogP contribution >= 0.6 is 23.1 Å². The van der Waals surface area contributed by atoms with Gasteiger partial charge in [0.05, 0.1) is 12.3 Å². The van der Waals surface area contributed by atoms with Crippen molar-refractivity contribution in [1.82, 2.24) is 4.98 Å². The molecule has 0 saturated heterocycles. The minimum Gasteiger partial charge on any atom is -0.395 e. The van der Waals surface area contributed by atoms with Gasteiger partial charge < -0.3 is 5.11 Å². The Morgan fingerprint density at radius 3 is 2.72 bits per heavy atom. The van der Waals surface area contributed by atoms with E-state index >= 15 is 0 Å². The number of thioether (sulfide) groups is 1. The molecule has 0 spiro atoms. The van der Waals surface area contributed by atoms with E-state index in [1.807, 2.05) is 6.92 Å².